The molecule has 5 nitrogen and oxygen atoms in total. The molecule has 0 aromatic heterocycles. The van der Waals surface area contributed by atoms with Crippen LogP contribution in [0, 0.1) is 11.3 Å². The number of halogens is 2. The molecule has 0 atom stereocenters. The summed E-state index contributed by atoms with van der Waals surface area (Å²) in [5.41, 5.74) is 0.951. The number of rotatable bonds is 2. The van der Waals surface area contributed by atoms with Crippen LogP contribution in [-0.4, -0.2) is 11.8 Å². The molecule has 0 saturated heterocycles. The number of amides is 2. The zero-order valence-electron chi connectivity index (χ0n) is 11.1. The molecule has 0 saturated carbocycles. The van der Waals surface area contributed by atoms with Crippen molar-refractivity contribution in [3.05, 3.63) is 58.1 Å². The summed E-state index contributed by atoms with van der Waals surface area (Å²) >= 11 is 11.8. The molecule has 2 N–H and O–H groups in total. The number of nitrogens with zero attached hydrogens (tertiary/aromatic N) is 1. The predicted octanol–water partition coefficient (Wildman–Crippen LogP) is 3.44. The fraction of sp³-hybridized carbons (Fsp3) is 0. The third-order valence-electron chi connectivity index (χ3n) is 2.66. The van der Waals surface area contributed by atoms with Gasteiger partial charge in [0.2, 0.25) is 0 Å². The van der Waals surface area contributed by atoms with Crippen molar-refractivity contribution < 1.29 is 9.59 Å². The maximum atomic E-state index is 11.8. The third kappa shape index (κ3) is 3.76. The summed E-state index contributed by atoms with van der Waals surface area (Å²) in [5, 5.41) is 14.0. The topological polar surface area (TPSA) is 82.0 Å². The van der Waals surface area contributed by atoms with Crippen LogP contribution >= 0.6 is 23.2 Å². The lowest BCUT2D eigenvalue weighted by atomic mass is 10.2. The van der Waals surface area contributed by atoms with Gasteiger partial charge in [0.1, 0.15) is 0 Å². The summed E-state index contributed by atoms with van der Waals surface area (Å²) in [5.74, 6) is -1.78. The maximum absolute atomic E-state index is 11.8. The first-order valence-electron chi connectivity index (χ1n) is 6.08. The van der Waals surface area contributed by atoms with Crippen LogP contribution in [0.5, 0.6) is 0 Å². The lowest BCUT2D eigenvalue weighted by Crippen LogP contribution is -2.29. The van der Waals surface area contributed by atoms with E-state index in [1.54, 1.807) is 30.3 Å². The van der Waals surface area contributed by atoms with E-state index in [-0.39, 0.29) is 15.7 Å². The third-order valence-corrected chi connectivity index (χ3v) is 3.47. The number of hydrogen-bond donors (Lipinski definition) is 2. The van der Waals surface area contributed by atoms with Crippen molar-refractivity contribution >= 4 is 46.4 Å². The summed E-state index contributed by atoms with van der Waals surface area (Å²) in [6, 6.07) is 12.8. The number of hydrogen-bond acceptors (Lipinski definition) is 3. The summed E-state index contributed by atoms with van der Waals surface area (Å²) in [6.45, 7) is 0. The highest BCUT2D eigenvalue weighted by Gasteiger charge is 2.16. The second kappa shape index (κ2) is 6.94. The Labute approximate surface area is 136 Å². The second-order valence-electron chi connectivity index (χ2n) is 4.20. The van der Waals surface area contributed by atoms with Gasteiger partial charge in [0, 0.05) is 5.69 Å². The van der Waals surface area contributed by atoms with E-state index in [9.17, 15) is 9.59 Å². The van der Waals surface area contributed by atoms with E-state index < -0.39 is 11.8 Å². The lowest BCUT2D eigenvalue weighted by Gasteiger charge is -2.08. The lowest BCUT2D eigenvalue weighted by molar-refractivity contribution is -0.132. The van der Waals surface area contributed by atoms with Crippen LogP contribution in [0.25, 0.3) is 0 Å². The Bertz CT molecular complexity index is 785. The first-order valence-corrected chi connectivity index (χ1v) is 6.83. The number of carbonyl (C=O) groups is 2. The Morgan fingerprint density at radius 1 is 1.00 bits per heavy atom. The van der Waals surface area contributed by atoms with Gasteiger partial charge in [0.05, 0.1) is 27.4 Å². The number of nitrogens with one attached hydrogen (secondary N) is 2. The Kier molecular flexibility index (Phi) is 4.99. The molecule has 0 radical (unpaired) electrons. The maximum Gasteiger partial charge on any atom is 0.314 e. The molecule has 2 rings (SSSR count). The minimum Gasteiger partial charge on any atom is -0.318 e. The van der Waals surface area contributed by atoms with Gasteiger partial charge < -0.3 is 10.6 Å². The van der Waals surface area contributed by atoms with E-state index >= 15 is 0 Å². The molecule has 0 aliphatic heterocycles. The van der Waals surface area contributed by atoms with Crippen molar-refractivity contribution in [3.8, 4) is 6.07 Å². The van der Waals surface area contributed by atoms with Crippen LogP contribution in [0.4, 0.5) is 11.4 Å². The minimum absolute atomic E-state index is 0.150. The van der Waals surface area contributed by atoms with Gasteiger partial charge in [-0.25, -0.2) is 0 Å². The largest absolute Gasteiger partial charge is 0.318 e. The average molecular weight is 334 g/mol. The SMILES string of the molecule is N#Cc1cccc(NC(=O)C(=O)Nc2cccc(Cl)c2Cl)c1. The zero-order valence-corrected chi connectivity index (χ0v) is 12.6. The molecule has 0 aliphatic carbocycles. The van der Waals surface area contributed by atoms with Crippen molar-refractivity contribution in [1.29, 1.82) is 5.26 Å². The van der Waals surface area contributed by atoms with Crippen molar-refractivity contribution in [2.75, 3.05) is 10.6 Å². The highest BCUT2D eigenvalue weighted by atomic mass is 35.5. The fourth-order valence-corrected chi connectivity index (χ4v) is 1.98. The molecular weight excluding hydrogens is 325 g/mol. The van der Waals surface area contributed by atoms with Gasteiger partial charge in [-0.1, -0.05) is 35.3 Å². The van der Waals surface area contributed by atoms with Crippen molar-refractivity contribution in [3.63, 3.8) is 0 Å². The molecule has 7 heteroatoms. The van der Waals surface area contributed by atoms with Gasteiger partial charge >= 0.3 is 11.8 Å². The fourth-order valence-electron chi connectivity index (χ4n) is 1.63. The molecule has 2 amide bonds. The number of carbonyl (C=O) groups excluding carboxylic acids is 2. The minimum atomic E-state index is -0.897. The Balaban J connectivity index is 2.08. The molecule has 0 fully saturated rings. The van der Waals surface area contributed by atoms with Crippen LogP contribution < -0.4 is 10.6 Å². The van der Waals surface area contributed by atoms with Gasteiger partial charge in [-0.2, -0.15) is 5.26 Å². The first-order chi connectivity index (χ1) is 10.5. The summed E-state index contributed by atoms with van der Waals surface area (Å²) in [4.78, 5) is 23.7. The predicted molar refractivity (Wildman–Crippen MR) is 84.9 cm³/mol. The highest BCUT2D eigenvalue weighted by Crippen LogP contribution is 2.29. The average Bonchev–Trinajstić information content (AvgIpc) is 2.52. The van der Waals surface area contributed by atoms with Crippen LogP contribution in [0.15, 0.2) is 42.5 Å². The Morgan fingerprint density at radius 2 is 1.68 bits per heavy atom. The molecule has 22 heavy (non-hydrogen) atoms. The molecule has 0 heterocycles. The molecule has 0 spiro atoms. The standard InChI is InChI=1S/C15H9Cl2N3O2/c16-11-5-2-6-12(13(11)17)20-15(22)14(21)19-10-4-1-3-9(7-10)8-18/h1-7H,(H,19,21)(H,20,22). The molecule has 110 valence electrons. The van der Waals surface area contributed by atoms with Crippen molar-refractivity contribution in [1.82, 2.24) is 0 Å². The monoisotopic (exact) mass is 333 g/mol. The number of benzene rings is 2. The van der Waals surface area contributed by atoms with E-state index in [4.69, 9.17) is 28.5 Å². The Morgan fingerprint density at radius 3 is 2.41 bits per heavy atom. The molecule has 2 aromatic carbocycles. The van der Waals surface area contributed by atoms with E-state index in [2.05, 4.69) is 10.6 Å². The smallest absolute Gasteiger partial charge is 0.314 e. The summed E-state index contributed by atoms with van der Waals surface area (Å²) in [7, 11) is 0. The van der Waals surface area contributed by atoms with Crippen molar-refractivity contribution in [2.45, 2.75) is 0 Å². The Hall–Kier alpha value is -2.55. The second-order valence-corrected chi connectivity index (χ2v) is 4.99. The normalized spacial score (nSPS) is 9.68. The molecule has 0 aliphatic rings. The van der Waals surface area contributed by atoms with E-state index in [0.29, 0.717) is 11.3 Å². The number of nitriles is 1. The summed E-state index contributed by atoms with van der Waals surface area (Å²) in [6.07, 6.45) is 0. The van der Waals surface area contributed by atoms with Crippen LogP contribution in [0.1, 0.15) is 5.56 Å². The summed E-state index contributed by atoms with van der Waals surface area (Å²) < 4.78 is 0. The van der Waals surface area contributed by atoms with Gasteiger partial charge in [-0.05, 0) is 30.3 Å². The van der Waals surface area contributed by atoms with Crippen molar-refractivity contribution in [2.24, 2.45) is 0 Å². The van der Waals surface area contributed by atoms with Gasteiger partial charge in [0.15, 0.2) is 0 Å². The quantitative estimate of drug-likeness (QED) is 0.826. The van der Waals surface area contributed by atoms with Gasteiger partial charge in [0.25, 0.3) is 0 Å². The number of anilines is 2. The van der Waals surface area contributed by atoms with Crippen LogP contribution in [-0.2, 0) is 9.59 Å². The first kappa shape index (κ1) is 15.8. The van der Waals surface area contributed by atoms with Crippen LogP contribution in [0.2, 0.25) is 10.0 Å². The van der Waals surface area contributed by atoms with Gasteiger partial charge in [-0.3, -0.25) is 9.59 Å². The van der Waals surface area contributed by atoms with Crippen LogP contribution in [0.3, 0.4) is 0 Å². The van der Waals surface area contributed by atoms with E-state index in [1.807, 2.05) is 6.07 Å². The molecule has 0 bridgehead atoms. The van der Waals surface area contributed by atoms with E-state index in [1.165, 1.54) is 12.1 Å². The molecule has 2 aromatic rings. The van der Waals surface area contributed by atoms with Gasteiger partial charge in [-0.15, -0.1) is 0 Å². The molecule has 0 unspecified atom stereocenters. The highest BCUT2D eigenvalue weighted by molar-refractivity contribution is 6.47. The zero-order chi connectivity index (χ0) is 16.1. The molecular formula is C15H9Cl2N3O2. The van der Waals surface area contributed by atoms with E-state index in [0.717, 1.165) is 0 Å².